The zero-order valence-electron chi connectivity index (χ0n) is 11.3. The third-order valence-corrected chi connectivity index (χ3v) is 3.07. The zero-order chi connectivity index (χ0) is 15.4. The first-order chi connectivity index (χ1) is 9.99. The Kier molecular flexibility index (Phi) is 4.45. The molecule has 1 amide bonds. The molecule has 0 saturated carbocycles. The number of hydrogen-bond acceptors (Lipinski definition) is 3. The summed E-state index contributed by atoms with van der Waals surface area (Å²) >= 11 is 5.94. The summed E-state index contributed by atoms with van der Waals surface area (Å²) in [6.07, 6.45) is 0. The highest BCUT2D eigenvalue weighted by molar-refractivity contribution is 6.31. The minimum absolute atomic E-state index is 0.0124. The van der Waals surface area contributed by atoms with E-state index in [1.807, 2.05) is 6.92 Å². The van der Waals surface area contributed by atoms with Crippen molar-refractivity contribution in [2.45, 2.75) is 6.92 Å². The van der Waals surface area contributed by atoms with Crippen molar-refractivity contribution >= 4 is 29.0 Å². The molecule has 4 N–H and O–H groups in total. The number of hydrogen-bond donors (Lipinski definition) is 3. The SMILES string of the molecule is Cc1cc(Cl)cc(C(=O)Nc2ccc(/C(N)=N/O)cc2)c1. The summed E-state index contributed by atoms with van der Waals surface area (Å²) in [5.41, 5.74) is 8.03. The van der Waals surface area contributed by atoms with E-state index < -0.39 is 0 Å². The number of halogens is 1. The van der Waals surface area contributed by atoms with E-state index in [2.05, 4.69) is 10.5 Å². The van der Waals surface area contributed by atoms with E-state index in [1.165, 1.54) is 0 Å². The van der Waals surface area contributed by atoms with E-state index in [0.717, 1.165) is 5.56 Å². The topological polar surface area (TPSA) is 87.7 Å². The van der Waals surface area contributed by atoms with Crippen molar-refractivity contribution in [1.29, 1.82) is 0 Å². The van der Waals surface area contributed by atoms with E-state index in [0.29, 0.717) is 21.8 Å². The van der Waals surface area contributed by atoms with Crippen LogP contribution in [0.3, 0.4) is 0 Å². The number of benzene rings is 2. The number of aryl methyl sites for hydroxylation is 1. The number of nitrogens with two attached hydrogens (primary N) is 1. The Morgan fingerprint density at radius 1 is 1.19 bits per heavy atom. The number of rotatable bonds is 3. The van der Waals surface area contributed by atoms with Crippen molar-refractivity contribution in [3.05, 3.63) is 64.2 Å². The van der Waals surface area contributed by atoms with Crippen LogP contribution >= 0.6 is 11.6 Å². The van der Waals surface area contributed by atoms with E-state index in [-0.39, 0.29) is 11.7 Å². The van der Waals surface area contributed by atoms with Gasteiger partial charge in [-0.2, -0.15) is 0 Å². The molecule has 108 valence electrons. The van der Waals surface area contributed by atoms with E-state index in [4.69, 9.17) is 22.5 Å². The van der Waals surface area contributed by atoms with Crippen LogP contribution in [0.25, 0.3) is 0 Å². The second-order valence-electron chi connectivity index (χ2n) is 4.53. The number of carbonyl (C=O) groups excluding carboxylic acids is 1. The van der Waals surface area contributed by atoms with Crippen molar-refractivity contribution in [1.82, 2.24) is 0 Å². The van der Waals surface area contributed by atoms with Crippen molar-refractivity contribution < 1.29 is 10.0 Å². The Bertz CT molecular complexity index is 676. The molecule has 0 radical (unpaired) electrons. The highest BCUT2D eigenvalue weighted by Crippen LogP contribution is 2.16. The molecule has 5 nitrogen and oxygen atoms in total. The van der Waals surface area contributed by atoms with Gasteiger partial charge in [0.25, 0.3) is 5.91 Å². The molecule has 0 fully saturated rings. The van der Waals surface area contributed by atoms with Gasteiger partial charge in [-0.3, -0.25) is 4.79 Å². The van der Waals surface area contributed by atoms with Gasteiger partial charge in [-0.05, 0) is 55.0 Å². The third-order valence-electron chi connectivity index (χ3n) is 2.85. The molecule has 0 aliphatic rings. The summed E-state index contributed by atoms with van der Waals surface area (Å²) < 4.78 is 0. The zero-order valence-corrected chi connectivity index (χ0v) is 12.1. The lowest BCUT2D eigenvalue weighted by Crippen LogP contribution is -2.14. The van der Waals surface area contributed by atoms with Gasteiger partial charge in [0, 0.05) is 21.8 Å². The van der Waals surface area contributed by atoms with Crippen LogP contribution < -0.4 is 11.1 Å². The van der Waals surface area contributed by atoms with Gasteiger partial charge in [-0.1, -0.05) is 16.8 Å². The van der Waals surface area contributed by atoms with Crippen LogP contribution in [0.1, 0.15) is 21.5 Å². The highest BCUT2D eigenvalue weighted by Gasteiger charge is 2.08. The van der Waals surface area contributed by atoms with Gasteiger partial charge < -0.3 is 16.3 Å². The maximum atomic E-state index is 12.1. The summed E-state index contributed by atoms with van der Waals surface area (Å²) in [4.78, 5) is 12.1. The largest absolute Gasteiger partial charge is 0.409 e. The van der Waals surface area contributed by atoms with E-state index >= 15 is 0 Å². The Balaban J connectivity index is 2.16. The summed E-state index contributed by atoms with van der Waals surface area (Å²) in [6.45, 7) is 1.87. The Labute approximate surface area is 127 Å². The second-order valence-corrected chi connectivity index (χ2v) is 4.97. The predicted molar refractivity (Wildman–Crippen MR) is 83.1 cm³/mol. The van der Waals surface area contributed by atoms with Gasteiger partial charge in [-0.15, -0.1) is 0 Å². The Morgan fingerprint density at radius 3 is 2.43 bits per heavy atom. The maximum absolute atomic E-state index is 12.1. The second kappa shape index (κ2) is 6.28. The number of carbonyl (C=O) groups is 1. The minimum Gasteiger partial charge on any atom is -0.409 e. The molecule has 0 aliphatic heterocycles. The molecular formula is C15H14ClN3O2. The molecule has 2 aromatic rings. The third kappa shape index (κ3) is 3.73. The summed E-state index contributed by atoms with van der Waals surface area (Å²) in [5, 5.41) is 14.8. The average Bonchev–Trinajstić information content (AvgIpc) is 2.46. The highest BCUT2D eigenvalue weighted by atomic mass is 35.5. The van der Waals surface area contributed by atoms with Crippen LogP contribution in [0.15, 0.2) is 47.6 Å². The molecule has 0 heterocycles. The standard InChI is InChI=1S/C15H14ClN3O2/c1-9-6-11(8-12(16)7-9)15(20)18-13-4-2-10(3-5-13)14(17)19-21/h2-8,21H,1H3,(H2,17,19)(H,18,20). The first-order valence-electron chi connectivity index (χ1n) is 6.16. The van der Waals surface area contributed by atoms with Gasteiger partial charge in [0.05, 0.1) is 0 Å². The number of amidine groups is 1. The number of nitrogens with one attached hydrogen (secondary N) is 1. The van der Waals surface area contributed by atoms with Crippen LogP contribution in [0.5, 0.6) is 0 Å². The van der Waals surface area contributed by atoms with E-state index in [1.54, 1.807) is 42.5 Å². The normalized spacial score (nSPS) is 11.2. The quantitative estimate of drug-likeness (QED) is 0.352. The monoisotopic (exact) mass is 303 g/mol. The Morgan fingerprint density at radius 2 is 1.86 bits per heavy atom. The molecule has 6 heteroatoms. The molecule has 0 spiro atoms. The fraction of sp³-hybridized carbons (Fsp3) is 0.0667. The molecule has 0 bridgehead atoms. The Hall–Kier alpha value is -2.53. The molecule has 0 aliphatic carbocycles. The fourth-order valence-corrected chi connectivity index (χ4v) is 2.14. The van der Waals surface area contributed by atoms with Gasteiger partial charge in [0.15, 0.2) is 5.84 Å². The van der Waals surface area contributed by atoms with Gasteiger partial charge in [0.2, 0.25) is 0 Å². The van der Waals surface area contributed by atoms with Crippen molar-refractivity contribution in [2.75, 3.05) is 5.32 Å². The molecule has 0 saturated heterocycles. The fourth-order valence-electron chi connectivity index (χ4n) is 1.85. The summed E-state index contributed by atoms with van der Waals surface area (Å²) in [5.74, 6) is -0.240. The van der Waals surface area contributed by atoms with Crippen LogP contribution in [-0.2, 0) is 0 Å². The molecule has 0 atom stereocenters. The van der Waals surface area contributed by atoms with Crippen molar-refractivity contribution in [2.24, 2.45) is 10.9 Å². The van der Waals surface area contributed by atoms with Crippen LogP contribution in [0.2, 0.25) is 5.02 Å². The van der Waals surface area contributed by atoms with Crippen molar-refractivity contribution in [3.8, 4) is 0 Å². The molecule has 2 aromatic carbocycles. The van der Waals surface area contributed by atoms with Crippen LogP contribution in [-0.4, -0.2) is 17.0 Å². The smallest absolute Gasteiger partial charge is 0.255 e. The lowest BCUT2D eigenvalue weighted by atomic mass is 10.1. The number of anilines is 1. The van der Waals surface area contributed by atoms with Gasteiger partial charge >= 0.3 is 0 Å². The molecule has 0 unspecified atom stereocenters. The van der Waals surface area contributed by atoms with Gasteiger partial charge in [-0.25, -0.2) is 0 Å². The molecular weight excluding hydrogens is 290 g/mol. The molecule has 2 rings (SSSR count). The van der Waals surface area contributed by atoms with Crippen molar-refractivity contribution in [3.63, 3.8) is 0 Å². The number of nitrogens with zero attached hydrogens (tertiary/aromatic N) is 1. The number of amides is 1. The first kappa shape index (κ1) is 14.9. The summed E-state index contributed by atoms with van der Waals surface area (Å²) in [7, 11) is 0. The maximum Gasteiger partial charge on any atom is 0.255 e. The predicted octanol–water partition coefficient (Wildman–Crippen LogP) is 3.00. The lowest BCUT2D eigenvalue weighted by Gasteiger charge is -2.07. The molecule has 0 aromatic heterocycles. The lowest BCUT2D eigenvalue weighted by molar-refractivity contribution is 0.102. The van der Waals surface area contributed by atoms with E-state index in [9.17, 15) is 4.79 Å². The number of oxime groups is 1. The molecule has 21 heavy (non-hydrogen) atoms. The van der Waals surface area contributed by atoms with Crippen LogP contribution in [0.4, 0.5) is 5.69 Å². The summed E-state index contributed by atoms with van der Waals surface area (Å²) in [6, 6.07) is 11.8. The minimum atomic E-state index is -0.253. The first-order valence-corrected chi connectivity index (χ1v) is 6.54. The average molecular weight is 304 g/mol. The van der Waals surface area contributed by atoms with Crippen LogP contribution in [0, 0.1) is 6.92 Å². The van der Waals surface area contributed by atoms with Gasteiger partial charge in [0.1, 0.15) is 0 Å².